The highest BCUT2D eigenvalue weighted by atomic mass is 79.9. The number of hydrogen-bond acceptors (Lipinski definition) is 12. The normalized spacial score (nSPS) is 11.9. The first-order chi connectivity index (χ1) is 33.3. The molecule has 9 rings (SSSR count). The fourth-order valence-electron chi connectivity index (χ4n) is 7.08. The van der Waals surface area contributed by atoms with Gasteiger partial charge in [-0.3, -0.25) is 15.3 Å². The monoisotopic (exact) mass is 1040 g/mol. The third kappa shape index (κ3) is 14.9. The Morgan fingerprint density at radius 1 is 0.681 bits per heavy atom. The summed E-state index contributed by atoms with van der Waals surface area (Å²) in [6, 6.07) is 31.0. The highest BCUT2D eigenvalue weighted by Crippen LogP contribution is 2.29. The van der Waals surface area contributed by atoms with Crippen molar-refractivity contribution in [3.63, 3.8) is 0 Å². The maximum Gasteiger partial charge on any atom is 0.315 e. The van der Waals surface area contributed by atoms with Crippen molar-refractivity contribution in [3.05, 3.63) is 136 Å². The van der Waals surface area contributed by atoms with E-state index < -0.39 is 0 Å². The van der Waals surface area contributed by atoms with E-state index in [9.17, 15) is 5.11 Å². The molecule has 16 nitrogen and oxygen atoms in total. The average molecular weight is 1040 g/mol. The van der Waals surface area contributed by atoms with Crippen molar-refractivity contribution in [1.82, 2.24) is 39.9 Å². The molecule has 8 aromatic rings. The van der Waals surface area contributed by atoms with Crippen LogP contribution < -0.4 is 30.4 Å². The van der Waals surface area contributed by atoms with Crippen LogP contribution in [-0.4, -0.2) is 68.7 Å². The number of nitrogens with one attached hydrogen (secondary N) is 6. The van der Waals surface area contributed by atoms with Crippen LogP contribution in [0.5, 0.6) is 0 Å². The lowest BCUT2D eigenvalue weighted by Crippen LogP contribution is -2.41. The Bertz CT molecular complexity index is 2850. The number of alkyl halides is 1. The van der Waals surface area contributed by atoms with Crippen molar-refractivity contribution in [1.29, 1.82) is 0 Å². The smallest absolute Gasteiger partial charge is 0.315 e. The minimum Gasteiger partial charge on any atom is -0.393 e. The van der Waals surface area contributed by atoms with E-state index in [1.165, 1.54) is 16.7 Å². The van der Waals surface area contributed by atoms with Gasteiger partial charge in [0.25, 0.3) is 5.65 Å². The second-order valence-electron chi connectivity index (χ2n) is 16.8. The van der Waals surface area contributed by atoms with Gasteiger partial charge < -0.3 is 21.1 Å². The number of aliphatic imine (C=N–C) groups is 1. The van der Waals surface area contributed by atoms with Gasteiger partial charge in [-0.15, -0.1) is 4.98 Å². The molecule has 5 aromatic heterocycles. The van der Waals surface area contributed by atoms with Crippen LogP contribution >= 0.6 is 39.1 Å². The number of nitrogens with zero attached hydrogens (tertiary/aromatic N) is 9. The Labute approximate surface area is 422 Å². The molecule has 6 heterocycles. The fourth-order valence-corrected chi connectivity index (χ4v) is 7.41. The highest BCUT2D eigenvalue weighted by Gasteiger charge is 2.25. The zero-order valence-corrected chi connectivity index (χ0v) is 43.1. The molecule has 19 heteroatoms. The molecular weight excluding hydrogens is 977 g/mol. The molecule has 7 N–H and O–H groups in total. The van der Waals surface area contributed by atoms with Crippen LogP contribution in [0.4, 0.5) is 29.2 Å². The third-order valence-electron chi connectivity index (χ3n) is 10.5. The van der Waals surface area contributed by atoms with Crippen molar-refractivity contribution < 1.29 is 14.2 Å². The lowest BCUT2D eigenvalue weighted by molar-refractivity contribution is -0.692. The molecule has 0 aliphatic carbocycles. The predicted molar refractivity (Wildman–Crippen MR) is 283 cm³/mol. The lowest BCUT2D eigenvalue weighted by atomic mass is 10.2. The number of H-pyrrole nitrogens is 2. The first-order valence-corrected chi connectivity index (χ1v) is 24.7. The number of fused-ring (bicyclic) bond motifs is 3. The Balaban J connectivity index is 0.000000166. The summed E-state index contributed by atoms with van der Waals surface area (Å²) in [5.74, 6) is 3.75. The van der Waals surface area contributed by atoms with Gasteiger partial charge in [0.05, 0.1) is 24.7 Å². The van der Waals surface area contributed by atoms with E-state index in [0.717, 1.165) is 58.3 Å². The Hall–Kier alpha value is -6.27. The molecule has 0 amide bonds. The van der Waals surface area contributed by atoms with E-state index in [1.807, 2.05) is 78.6 Å². The predicted octanol–water partition coefficient (Wildman–Crippen LogP) is 10.5. The van der Waals surface area contributed by atoms with Crippen LogP contribution in [0, 0.1) is 0 Å². The van der Waals surface area contributed by atoms with Gasteiger partial charge in [0.2, 0.25) is 10.8 Å². The third-order valence-corrected chi connectivity index (χ3v) is 10.8. The van der Waals surface area contributed by atoms with E-state index in [1.54, 1.807) is 6.33 Å². The SMILES string of the molecule is CC(C)Br.CC(C)[n+]1c[nH]c2c(NCc3ccccc3)nc(Cl)nc21.CCC(CO)Nc1[nH]c2c(NCc3ccccc3)ncnc2[n+]1C(C)C.Clc1nc2c(c(NCc3ccccc3)n1)CC=N2. The van der Waals surface area contributed by atoms with Crippen LogP contribution in [0.3, 0.4) is 0 Å². The van der Waals surface area contributed by atoms with Gasteiger partial charge in [0, 0.05) is 42.7 Å². The number of aromatic amines is 2. The maximum atomic E-state index is 9.53. The summed E-state index contributed by atoms with van der Waals surface area (Å²) < 4.78 is 4.14. The minimum atomic E-state index is -0.0123. The van der Waals surface area contributed by atoms with E-state index >= 15 is 0 Å². The molecule has 0 saturated heterocycles. The van der Waals surface area contributed by atoms with E-state index in [4.69, 9.17) is 23.2 Å². The second kappa shape index (κ2) is 25.9. The maximum absolute atomic E-state index is 9.53. The Morgan fingerprint density at radius 2 is 1.22 bits per heavy atom. The quantitative estimate of drug-likeness (QED) is 0.0293. The van der Waals surface area contributed by atoms with Gasteiger partial charge in [-0.1, -0.05) is 133 Å². The summed E-state index contributed by atoms with van der Waals surface area (Å²) in [5, 5.41) is 23.4. The summed E-state index contributed by atoms with van der Waals surface area (Å²) in [7, 11) is 0. The van der Waals surface area contributed by atoms with Gasteiger partial charge >= 0.3 is 16.9 Å². The van der Waals surface area contributed by atoms with Gasteiger partial charge in [-0.05, 0) is 74.0 Å². The molecule has 1 unspecified atom stereocenters. The zero-order valence-electron chi connectivity index (χ0n) is 40.1. The van der Waals surface area contributed by atoms with Crippen molar-refractivity contribution in [2.45, 2.75) is 104 Å². The minimum absolute atomic E-state index is 0.0123. The summed E-state index contributed by atoms with van der Waals surface area (Å²) in [6.45, 7) is 16.8. The number of aromatic nitrogens is 10. The Morgan fingerprint density at radius 3 is 1.75 bits per heavy atom. The molecule has 1 atom stereocenters. The number of rotatable bonds is 15. The number of aliphatic hydroxyl groups is 1. The number of benzene rings is 3. The van der Waals surface area contributed by atoms with E-state index in [2.05, 4.69) is 165 Å². The number of halogens is 3. The Kier molecular flexibility index (Phi) is 19.6. The topological polar surface area (TPSA) is 197 Å². The molecule has 0 radical (unpaired) electrons. The van der Waals surface area contributed by atoms with Crippen LogP contribution in [0.25, 0.3) is 22.3 Å². The van der Waals surface area contributed by atoms with Crippen molar-refractivity contribution >= 4 is 96.9 Å². The number of hydrogen-bond donors (Lipinski definition) is 7. The summed E-state index contributed by atoms with van der Waals surface area (Å²) in [6.07, 6.45) is 6.88. The van der Waals surface area contributed by atoms with Gasteiger partial charge in [0.1, 0.15) is 5.82 Å². The number of imidazole rings is 2. The largest absolute Gasteiger partial charge is 0.393 e. The molecule has 69 heavy (non-hydrogen) atoms. The molecule has 1 aliphatic heterocycles. The highest BCUT2D eigenvalue weighted by molar-refractivity contribution is 9.09. The average Bonchev–Trinajstić information content (AvgIpc) is 4.10. The first kappa shape index (κ1) is 52.1. The van der Waals surface area contributed by atoms with Gasteiger partial charge in [-0.2, -0.15) is 9.97 Å². The van der Waals surface area contributed by atoms with Gasteiger partial charge in [0.15, 0.2) is 35.6 Å². The molecular formula is C50H62BrCl2N15O+2. The van der Waals surface area contributed by atoms with Crippen LogP contribution in [0.2, 0.25) is 10.6 Å². The molecule has 0 bridgehead atoms. The standard InChI is InChI=1S/C19H26N6O.C15H16ClN5.C13H11ClN4.C3H7Br/c1-4-15(11-26)23-19-24-16-17(20-10-14-8-6-5-7-9-14)21-12-22-18(16)25(19)13(2)3;1-10(2)21-9-18-12-13(19-15(16)20-14(12)21)17-8-11-6-4-3-5-7-11;14-13-17-11-10(6-7-15-11)12(18-13)16-8-9-4-2-1-3-5-9;1-3(2)4/h5-9,12-13,15,26H,4,10-11H2,1-3H3,(H2,20,21,22,23,24);3-7,9-10H,8H2,1-2H3,(H,17,19,20);1-5,7H,6,8H2,(H,16,17,18);3H,1-2H3/p+2. The van der Waals surface area contributed by atoms with Crippen molar-refractivity contribution in [2.75, 3.05) is 27.9 Å². The fraction of sp³-hybridized carbons (Fsp3) is 0.340. The number of anilines is 4. The van der Waals surface area contributed by atoms with Gasteiger partial charge in [-0.25, -0.2) is 24.1 Å². The first-order valence-electron chi connectivity index (χ1n) is 23.0. The van der Waals surface area contributed by atoms with E-state index in [0.29, 0.717) is 42.1 Å². The van der Waals surface area contributed by atoms with Crippen LogP contribution in [-0.2, 0) is 26.1 Å². The lowest BCUT2D eigenvalue weighted by Gasteiger charge is -2.13. The molecule has 1 aliphatic rings. The molecule has 0 saturated carbocycles. The van der Waals surface area contributed by atoms with E-state index in [-0.39, 0.29) is 29.3 Å². The van der Waals surface area contributed by atoms with Crippen molar-refractivity contribution in [3.8, 4) is 0 Å². The number of aliphatic hydroxyl groups excluding tert-OH is 1. The van der Waals surface area contributed by atoms with Crippen molar-refractivity contribution in [2.24, 2.45) is 4.99 Å². The summed E-state index contributed by atoms with van der Waals surface area (Å²) in [5.41, 5.74) is 7.93. The molecule has 3 aromatic carbocycles. The zero-order chi connectivity index (χ0) is 49.3. The summed E-state index contributed by atoms with van der Waals surface area (Å²) in [4.78, 5) is 37.2. The van der Waals surface area contributed by atoms with Crippen LogP contribution in [0.15, 0.2) is 109 Å². The molecule has 0 fully saturated rings. The summed E-state index contributed by atoms with van der Waals surface area (Å²) >= 11 is 15.2. The molecule has 0 spiro atoms. The van der Waals surface area contributed by atoms with Crippen LogP contribution in [0.1, 0.15) is 89.2 Å². The second-order valence-corrected chi connectivity index (χ2v) is 19.3. The molecule has 362 valence electrons.